The molecular weight excluding hydrogens is 466 g/mol. The maximum Gasteiger partial charge on any atom is 0.230 e. The molecule has 3 nitrogen and oxygen atoms in total. The Bertz CT molecular complexity index is 819. The van der Waals surface area contributed by atoms with Gasteiger partial charge in [-0.05, 0) is 58.5 Å². The molecule has 0 atom stereocenters. The largest absolute Gasteiger partial charge is 0.367 e. The molecule has 0 unspecified atom stereocenters. The van der Waals surface area contributed by atoms with E-state index < -0.39 is 0 Å². The van der Waals surface area contributed by atoms with E-state index in [1.54, 1.807) is 0 Å². The highest BCUT2D eigenvalue weighted by atomic mass is 127. The topological polar surface area (TPSA) is 52.0 Å². The molecule has 106 valence electrons. The van der Waals surface area contributed by atoms with E-state index in [-0.39, 0.29) is 5.88 Å². The van der Waals surface area contributed by atoms with Gasteiger partial charge in [0.2, 0.25) is 5.88 Å². The van der Waals surface area contributed by atoms with Gasteiger partial charge in [-0.1, -0.05) is 44.8 Å². The van der Waals surface area contributed by atoms with Crippen molar-refractivity contribution in [2.45, 2.75) is 0 Å². The van der Waals surface area contributed by atoms with Gasteiger partial charge >= 0.3 is 0 Å². The average Bonchev–Trinajstić information content (AvgIpc) is 2.83. The first kappa shape index (κ1) is 14.9. The molecule has 0 aliphatic heterocycles. The molecule has 21 heavy (non-hydrogen) atoms. The molecule has 0 bridgehead atoms. The molecule has 3 rings (SSSR count). The lowest BCUT2D eigenvalue weighted by atomic mass is 10.0. The van der Waals surface area contributed by atoms with Gasteiger partial charge in [0.05, 0.1) is 5.56 Å². The van der Waals surface area contributed by atoms with E-state index in [2.05, 4.69) is 43.7 Å². The molecule has 0 radical (unpaired) electrons. The third-order valence-electron chi connectivity index (χ3n) is 3.02. The average molecular weight is 476 g/mol. The minimum atomic E-state index is 0.281. The normalized spacial score (nSPS) is 10.8. The van der Waals surface area contributed by atoms with Gasteiger partial charge in [0.15, 0.2) is 0 Å². The molecule has 0 saturated heterocycles. The molecule has 0 saturated carbocycles. The molecule has 2 aromatic carbocycles. The van der Waals surface area contributed by atoms with Gasteiger partial charge in [-0.25, -0.2) is 0 Å². The SMILES string of the molecule is Nc1onc(-c2cc(Br)ccc2I)c1-c1cccc(Cl)c1. The summed E-state index contributed by atoms with van der Waals surface area (Å²) in [7, 11) is 0. The first-order chi connectivity index (χ1) is 10.1. The van der Waals surface area contributed by atoms with Crippen molar-refractivity contribution in [3.05, 3.63) is 55.5 Å². The van der Waals surface area contributed by atoms with Crippen molar-refractivity contribution in [3.63, 3.8) is 0 Å². The number of nitrogen functional groups attached to an aromatic ring is 1. The summed E-state index contributed by atoms with van der Waals surface area (Å²) in [4.78, 5) is 0. The van der Waals surface area contributed by atoms with E-state index in [1.807, 2.05) is 42.5 Å². The molecule has 3 aromatic rings. The highest BCUT2D eigenvalue weighted by Crippen LogP contribution is 2.39. The molecule has 0 aliphatic carbocycles. The summed E-state index contributed by atoms with van der Waals surface area (Å²) in [6.45, 7) is 0. The standard InChI is InChI=1S/C15H9BrClIN2O/c16-9-4-5-12(18)11(7-9)14-13(15(19)21-20-14)8-2-1-3-10(17)6-8/h1-7H,19H2. The van der Waals surface area contributed by atoms with Crippen LogP contribution in [0.1, 0.15) is 0 Å². The molecule has 0 spiro atoms. The second-order valence-corrected chi connectivity index (χ2v) is 6.92. The Balaban J connectivity index is 2.24. The van der Waals surface area contributed by atoms with E-state index in [9.17, 15) is 0 Å². The van der Waals surface area contributed by atoms with Crippen LogP contribution in [0.2, 0.25) is 5.02 Å². The van der Waals surface area contributed by atoms with Crippen molar-refractivity contribution in [1.29, 1.82) is 0 Å². The van der Waals surface area contributed by atoms with Crippen LogP contribution in [-0.4, -0.2) is 5.16 Å². The van der Waals surface area contributed by atoms with E-state index in [4.69, 9.17) is 21.9 Å². The van der Waals surface area contributed by atoms with Crippen LogP contribution < -0.4 is 5.73 Å². The summed E-state index contributed by atoms with van der Waals surface area (Å²) in [6.07, 6.45) is 0. The zero-order chi connectivity index (χ0) is 15.0. The highest BCUT2D eigenvalue weighted by molar-refractivity contribution is 14.1. The van der Waals surface area contributed by atoms with Crippen molar-refractivity contribution < 1.29 is 4.52 Å². The van der Waals surface area contributed by atoms with Crippen molar-refractivity contribution >= 4 is 56.0 Å². The Morgan fingerprint density at radius 1 is 1.19 bits per heavy atom. The Morgan fingerprint density at radius 2 is 2.00 bits per heavy atom. The second kappa shape index (κ2) is 5.98. The van der Waals surface area contributed by atoms with Gasteiger partial charge in [0.25, 0.3) is 0 Å². The molecule has 0 aliphatic rings. The third-order valence-corrected chi connectivity index (χ3v) is 4.68. The molecule has 0 fully saturated rings. The molecule has 0 amide bonds. The number of halogens is 3. The lowest BCUT2D eigenvalue weighted by Gasteiger charge is -2.06. The van der Waals surface area contributed by atoms with Crippen LogP contribution in [-0.2, 0) is 0 Å². The van der Waals surface area contributed by atoms with Crippen LogP contribution in [0.5, 0.6) is 0 Å². The van der Waals surface area contributed by atoms with Gasteiger partial charge in [-0.2, -0.15) is 0 Å². The van der Waals surface area contributed by atoms with Crippen LogP contribution in [0.15, 0.2) is 51.5 Å². The summed E-state index contributed by atoms with van der Waals surface area (Å²) in [5, 5.41) is 4.77. The number of aromatic nitrogens is 1. The van der Waals surface area contributed by atoms with Gasteiger partial charge in [0.1, 0.15) is 5.69 Å². The summed E-state index contributed by atoms with van der Waals surface area (Å²) >= 11 is 11.8. The van der Waals surface area contributed by atoms with E-state index >= 15 is 0 Å². The van der Waals surface area contributed by atoms with Crippen LogP contribution >= 0.6 is 50.1 Å². The quantitative estimate of drug-likeness (QED) is 0.490. The van der Waals surface area contributed by atoms with Crippen molar-refractivity contribution in [2.75, 3.05) is 5.73 Å². The lowest BCUT2D eigenvalue weighted by Crippen LogP contribution is -1.89. The van der Waals surface area contributed by atoms with E-state index in [0.717, 1.165) is 24.7 Å². The fraction of sp³-hybridized carbons (Fsp3) is 0. The zero-order valence-electron chi connectivity index (χ0n) is 10.6. The summed E-state index contributed by atoms with van der Waals surface area (Å²) < 4.78 is 7.24. The number of hydrogen-bond acceptors (Lipinski definition) is 3. The first-order valence-electron chi connectivity index (χ1n) is 6.03. The fourth-order valence-electron chi connectivity index (χ4n) is 2.09. The molecular formula is C15H9BrClIN2O. The van der Waals surface area contributed by atoms with Gasteiger partial charge in [-0.15, -0.1) is 0 Å². The summed E-state index contributed by atoms with van der Waals surface area (Å²) in [6, 6.07) is 13.5. The lowest BCUT2D eigenvalue weighted by molar-refractivity contribution is 0.439. The highest BCUT2D eigenvalue weighted by Gasteiger charge is 2.19. The minimum Gasteiger partial charge on any atom is -0.367 e. The number of nitrogens with two attached hydrogens (primary N) is 1. The molecule has 1 heterocycles. The minimum absolute atomic E-state index is 0.281. The zero-order valence-corrected chi connectivity index (χ0v) is 15.1. The predicted octanol–water partition coefficient (Wildman–Crippen LogP) is 5.61. The van der Waals surface area contributed by atoms with Crippen LogP contribution in [0.25, 0.3) is 22.4 Å². The smallest absolute Gasteiger partial charge is 0.230 e. The van der Waals surface area contributed by atoms with E-state index in [1.165, 1.54) is 0 Å². The Kier molecular flexibility index (Phi) is 4.24. The van der Waals surface area contributed by atoms with E-state index in [0.29, 0.717) is 10.7 Å². The monoisotopic (exact) mass is 474 g/mol. The van der Waals surface area contributed by atoms with Crippen LogP contribution in [0, 0.1) is 3.57 Å². The van der Waals surface area contributed by atoms with Gasteiger partial charge in [0, 0.05) is 18.6 Å². The number of nitrogens with zero attached hydrogens (tertiary/aromatic N) is 1. The number of hydrogen-bond donors (Lipinski definition) is 1. The molecule has 1 aromatic heterocycles. The number of anilines is 1. The maximum atomic E-state index is 6.07. The first-order valence-corrected chi connectivity index (χ1v) is 8.28. The second-order valence-electron chi connectivity index (χ2n) is 4.40. The summed E-state index contributed by atoms with van der Waals surface area (Å²) in [5.74, 6) is 0.281. The Labute approximate surface area is 148 Å². The number of rotatable bonds is 2. The Hall–Kier alpha value is -1.05. The predicted molar refractivity (Wildman–Crippen MR) is 97.2 cm³/mol. The van der Waals surface area contributed by atoms with Crippen molar-refractivity contribution in [1.82, 2.24) is 5.16 Å². The van der Waals surface area contributed by atoms with Gasteiger partial charge < -0.3 is 10.3 Å². The maximum absolute atomic E-state index is 6.07. The molecule has 6 heteroatoms. The fourth-order valence-corrected chi connectivity index (χ4v) is 3.23. The van der Waals surface area contributed by atoms with Crippen molar-refractivity contribution in [3.8, 4) is 22.4 Å². The Morgan fingerprint density at radius 3 is 2.76 bits per heavy atom. The molecule has 2 N–H and O–H groups in total. The van der Waals surface area contributed by atoms with Crippen LogP contribution in [0.4, 0.5) is 5.88 Å². The third kappa shape index (κ3) is 2.95. The van der Waals surface area contributed by atoms with Gasteiger partial charge in [-0.3, -0.25) is 0 Å². The summed E-state index contributed by atoms with van der Waals surface area (Å²) in [5.41, 5.74) is 9.27. The van der Waals surface area contributed by atoms with Crippen LogP contribution in [0.3, 0.4) is 0 Å². The number of benzene rings is 2. The van der Waals surface area contributed by atoms with Crippen molar-refractivity contribution in [2.24, 2.45) is 0 Å².